The lowest BCUT2D eigenvalue weighted by atomic mass is 10.1. The number of hydrogen-bond donors (Lipinski definition) is 0. The molecule has 1 fully saturated rings. The molecule has 0 aromatic carbocycles. The molecule has 2 atom stereocenters. The first-order valence-corrected chi connectivity index (χ1v) is 8.81. The van der Waals surface area contributed by atoms with Gasteiger partial charge < -0.3 is 9.64 Å². The molecule has 0 aromatic rings. The van der Waals surface area contributed by atoms with Gasteiger partial charge in [0.1, 0.15) is 11.9 Å². The zero-order valence-electron chi connectivity index (χ0n) is 14.2. The van der Waals surface area contributed by atoms with E-state index >= 15 is 0 Å². The first kappa shape index (κ1) is 19.5. The third kappa shape index (κ3) is 6.25. The maximum Gasteiger partial charge on any atom is 0.240 e. The number of nitrogens with zero attached hydrogens (tertiary/aromatic N) is 2. The SMILES string of the molecule is C#CCOC1CCCN(C(=O)C(SC=NC)C(/C=C\C)=C/C)C1. The number of piperidine rings is 1. The number of carbonyl (C=O) groups excluding carboxylic acids is 1. The molecule has 5 heteroatoms. The predicted molar refractivity (Wildman–Crippen MR) is 98.8 cm³/mol. The van der Waals surface area contributed by atoms with Crippen LogP contribution in [0.5, 0.6) is 0 Å². The molecule has 1 rings (SSSR count). The summed E-state index contributed by atoms with van der Waals surface area (Å²) in [7, 11) is 1.71. The van der Waals surface area contributed by atoms with Crippen molar-refractivity contribution >= 4 is 23.2 Å². The summed E-state index contributed by atoms with van der Waals surface area (Å²) in [6.07, 6.45) is 13.1. The van der Waals surface area contributed by atoms with Crippen LogP contribution in [0.3, 0.4) is 0 Å². The monoisotopic (exact) mass is 334 g/mol. The molecule has 0 spiro atoms. The first-order chi connectivity index (χ1) is 11.2. The van der Waals surface area contributed by atoms with Gasteiger partial charge >= 0.3 is 0 Å². The lowest BCUT2D eigenvalue weighted by molar-refractivity contribution is -0.133. The average Bonchev–Trinajstić information content (AvgIpc) is 2.59. The van der Waals surface area contributed by atoms with Gasteiger partial charge in [-0.15, -0.1) is 6.42 Å². The molecule has 1 saturated heterocycles. The molecule has 0 aliphatic carbocycles. The molecule has 0 bridgehead atoms. The Bertz CT molecular complexity index is 506. The summed E-state index contributed by atoms with van der Waals surface area (Å²) in [6, 6.07) is 0. The topological polar surface area (TPSA) is 41.9 Å². The van der Waals surface area contributed by atoms with Crippen molar-refractivity contribution in [1.82, 2.24) is 4.90 Å². The standard InChI is InChI=1S/C18H26N2O2S/c1-5-9-15(7-3)17(23-14-19-4)18(21)20-11-8-10-16(13-20)22-12-6-2/h2,5,7,9,14,16-17H,8,10-13H2,1,3-4H3/b9-5-,15-7+,19-14?. The Labute approximate surface area is 144 Å². The predicted octanol–water partition coefficient (Wildman–Crippen LogP) is 2.91. The Balaban J connectivity index is 2.84. The van der Waals surface area contributed by atoms with Crippen molar-refractivity contribution in [2.24, 2.45) is 4.99 Å². The van der Waals surface area contributed by atoms with E-state index in [0.717, 1.165) is 25.0 Å². The van der Waals surface area contributed by atoms with Crippen LogP contribution in [-0.2, 0) is 9.53 Å². The zero-order chi connectivity index (χ0) is 17.1. The summed E-state index contributed by atoms with van der Waals surface area (Å²) >= 11 is 1.44. The van der Waals surface area contributed by atoms with Crippen LogP contribution in [0.1, 0.15) is 26.7 Å². The van der Waals surface area contributed by atoms with E-state index in [1.54, 1.807) is 12.6 Å². The number of aliphatic imine (C=N–C) groups is 1. The highest BCUT2D eigenvalue weighted by atomic mass is 32.2. The lowest BCUT2D eigenvalue weighted by Gasteiger charge is -2.34. The van der Waals surface area contributed by atoms with E-state index in [2.05, 4.69) is 10.9 Å². The molecule has 1 aliphatic heterocycles. The number of likely N-dealkylation sites (tertiary alicyclic amines) is 1. The quantitative estimate of drug-likeness (QED) is 0.311. The highest BCUT2D eigenvalue weighted by molar-refractivity contribution is 8.13. The van der Waals surface area contributed by atoms with Crippen LogP contribution in [-0.4, -0.2) is 54.5 Å². The highest BCUT2D eigenvalue weighted by Crippen LogP contribution is 2.24. The van der Waals surface area contributed by atoms with Crippen LogP contribution in [0.2, 0.25) is 0 Å². The second kappa shape index (κ2) is 11.1. The fourth-order valence-electron chi connectivity index (χ4n) is 2.53. The number of thioether (sulfide) groups is 1. The fraction of sp³-hybridized carbons (Fsp3) is 0.556. The van der Waals surface area contributed by atoms with Crippen LogP contribution in [0, 0.1) is 12.3 Å². The Morgan fingerprint density at radius 1 is 1.57 bits per heavy atom. The van der Waals surface area contributed by atoms with Gasteiger partial charge in [-0.2, -0.15) is 0 Å². The van der Waals surface area contributed by atoms with Crippen LogP contribution in [0.25, 0.3) is 0 Å². The normalized spacial score (nSPS) is 20.9. The van der Waals surface area contributed by atoms with Gasteiger partial charge in [0, 0.05) is 20.1 Å². The Morgan fingerprint density at radius 2 is 2.35 bits per heavy atom. The van der Waals surface area contributed by atoms with E-state index in [1.807, 2.05) is 37.0 Å². The van der Waals surface area contributed by atoms with E-state index in [1.165, 1.54) is 11.8 Å². The maximum atomic E-state index is 13.0. The number of rotatable bonds is 7. The Morgan fingerprint density at radius 3 is 2.96 bits per heavy atom. The molecule has 1 heterocycles. The molecule has 0 saturated carbocycles. The van der Waals surface area contributed by atoms with Crippen molar-refractivity contribution in [3.8, 4) is 12.3 Å². The second-order valence-electron chi connectivity index (χ2n) is 5.23. The van der Waals surface area contributed by atoms with Gasteiger partial charge in [-0.3, -0.25) is 9.79 Å². The lowest BCUT2D eigenvalue weighted by Crippen LogP contribution is -2.47. The number of ether oxygens (including phenoxy) is 1. The summed E-state index contributed by atoms with van der Waals surface area (Å²) in [5, 5.41) is -0.272. The molecule has 0 radical (unpaired) electrons. The van der Waals surface area contributed by atoms with Crippen molar-refractivity contribution < 1.29 is 9.53 Å². The van der Waals surface area contributed by atoms with Crippen LogP contribution < -0.4 is 0 Å². The summed E-state index contributed by atoms with van der Waals surface area (Å²) < 4.78 is 5.62. The summed E-state index contributed by atoms with van der Waals surface area (Å²) in [4.78, 5) is 18.9. The number of allylic oxidation sites excluding steroid dienone is 3. The van der Waals surface area contributed by atoms with Crippen molar-refractivity contribution in [2.75, 3.05) is 26.7 Å². The van der Waals surface area contributed by atoms with E-state index in [-0.39, 0.29) is 17.3 Å². The van der Waals surface area contributed by atoms with Gasteiger partial charge in [-0.05, 0) is 32.3 Å². The van der Waals surface area contributed by atoms with Gasteiger partial charge in [-0.25, -0.2) is 0 Å². The average molecular weight is 334 g/mol. The number of terminal acetylenes is 1. The molecule has 1 amide bonds. The van der Waals surface area contributed by atoms with E-state index < -0.39 is 0 Å². The molecule has 2 unspecified atom stereocenters. The maximum absolute atomic E-state index is 13.0. The summed E-state index contributed by atoms with van der Waals surface area (Å²) in [5.41, 5.74) is 2.72. The Hall–Kier alpha value is -1.51. The zero-order valence-corrected chi connectivity index (χ0v) is 15.0. The molecule has 0 aromatic heterocycles. The van der Waals surface area contributed by atoms with Gasteiger partial charge in [0.2, 0.25) is 5.91 Å². The largest absolute Gasteiger partial charge is 0.364 e. The molecule has 126 valence electrons. The minimum atomic E-state index is -0.272. The van der Waals surface area contributed by atoms with Crippen molar-refractivity contribution in [3.05, 3.63) is 23.8 Å². The van der Waals surface area contributed by atoms with Gasteiger partial charge in [0.15, 0.2) is 0 Å². The van der Waals surface area contributed by atoms with E-state index in [0.29, 0.717) is 13.2 Å². The van der Waals surface area contributed by atoms with Gasteiger partial charge in [-0.1, -0.05) is 35.9 Å². The molecular formula is C18H26N2O2S. The molecule has 0 N–H and O–H groups in total. The second-order valence-corrected chi connectivity index (χ2v) is 6.19. The minimum Gasteiger partial charge on any atom is -0.364 e. The third-order valence-corrected chi connectivity index (χ3v) is 4.69. The summed E-state index contributed by atoms with van der Waals surface area (Å²) in [5.74, 6) is 2.59. The van der Waals surface area contributed by atoms with Gasteiger partial charge in [0.05, 0.1) is 11.7 Å². The van der Waals surface area contributed by atoms with Crippen LogP contribution in [0.4, 0.5) is 0 Å². The molecule has 1 aliphatic rings. The van der Waals surface area contributed by atoms with Crippen molar-refractivity contribution in [1.29, 1.82) is 0 Å². The minimum absolute atomic E-state index is 0.0324. The molecule has 23 heavy (non-hydrogen) atoms. The number of amides is 1. The van der Waals surface area contributed by atoms with Crippen LogP contribution >= 0.6 is 11.8 Å². The number of hydrogen-bond acceptors (Lipinski definition) is 4. The number of carbonyl (C=O) groups is 1. The smallest absolute Gasteiger partial charge is 0.240 e. The van der Waals surface area contributed by atoms with E-state index in [4.69, 9.17) is 11.2 Å². The third-order valence-electron chi connectivity index (χ3n) is 3.61. The van der Waals surface area contributed by atoms with Crippen molar-refractivity contribution in [2.45, 2.75) is 38.0 Å². The Kier molecular flexibility index (Phi) is 9.42. The van der Waals surface area contributed by atoms with Gasteiger partial charge in [0.25, 0.3) is 0 Å². The molecular weight excluding hydrogens is 308 g/mol. The molecule has 4 nitrogen and oxygen atoms in total. The van der Waals surface area contributed by atoms with E-state index in [9.17, 15) is 4.79 Å². The summed E-state index contributed by atoms with van der Waals surface area (Å²) in [6.45, 7) is 5.57. The van der Waals surface area contributed by atoms with Crippen LogP contribution in [0.15, 0.2) is 28.8 Å². The van der Waals surface area contributed by atoms with Crippen molar-refractivity contribution in [3.63, 3.8) is 0 Å². The fourth-order valence-corrected chi connectivity index (χ4v) is 3.42. The first-order valence-electron chi connectivity index (χ1n) is 7.86. The highest BCUT2D eigenvalue weighted by Gasteiger charge is 2.30.